The summed E-state index contributed by atoms with van der Waals surface area (Å²) in [6.45, 7) is 1.91. The van der Waals surface area contributed by atoms with Crippen LogP contribution in [0.5, 0.6) is 0 Å². The molecule has 0 radical (unpaired) electrons. The minimum Gasteiger partial charge on any atom is -0.323 e. The van der Waals surface area contributed by atoms with Crippen LogP contribution in [0.3, 0.4) is 0 Å². The lowest BCUT2D eigenvalue weighted by Crippen LogP contribution is -2.07. The standard InChI is InChI=1S/C7H9BrN2.2ClH/c1-5(9)7-6(8)3-2-4-10-7;;/h2-5H,9H2,1H3;2*1H/t5-;;/m0../s1. The van der Waals surface area contributed by atoms with E-state index in [2.05, 4.69) is 20.9 Å². The third-order valence-electron chi connectivity index (χ3n) is 1.22. The molecular weight excluding hydrogens is 263 g/mol. The van der Waals surface area contributed by atoms with Crippen molar-refractivity contribution in [1.29, 1.82) is 0 Å². The molecule has 12 heavy (non-hydrogen) atoms. The summed E-state index contributed by atoms with van der Waals surface area (Å²) in [5.41, 5.74) is 6.53. The van der Waals surface area contributed by atoms with E-state index < -0.39 is 0 Å². The van der Waals surface area contributed by atoms with Gasteiger partial charge in [-0.1, -0.05) is 0 Å². The van der Waals surface area contributed by atoms with Gasteiger partial charge in [0.05, 0.1) is 5.69 Å². The number of rotatable bonds is 1. The number of aromatic nitrogens is 1. The molecule has 1 atom stereocenters. The van der Waals surface area contributed by atoms with Crippen molar-refractivity contribution in [3.05, 3.63) is 28.5 Å². The topological polar surface area (TPSA) is 38.9 Å². The van der Waals surface area contributed by atoms with E-state index in [4.69, 9.17) is 5.73 Å². The van der Waals surface area contributed by atoms with E-state index in [1.54, 1.807) is 6.20 Å². The molecule has 1 aromatic rings. The second-order valence-electron chi connectivity index (χ2n) is 2.16. The maximum Gasteiger partial charge on any atom is 0.0709 e. The Hall–Kier alpha value is 0.170. The van der Waals surface area contributed by atoms with Gasteiger partial charge in [-0.2, -0.15) is 0 Å². The Bertz CT molecular complexity index is 230. The number of hydrogen-bond donors (Lipinski definition) is 1. The summed E-state index contributed by atoms with van der Waals surface area (Å²) < 4.78 is 0.977. The molecule has 0 spiro atoms. The molecule has 0 saturated heterocycles. The minimum absolute atomic E-state index is 0. The fraction of sp³-hybridized carbons (Fsp3) is 0.286. The van der Waals surface area contributed by atoms with Crippen LogP contribution in [0.1, 0.15) is 18.7 Å². The summed E-state index contributed by atoms with van der Waals surface area (Å²) in [4.78, 5) is 4.11. The summed E-state index contributed by atoms with van der Waals surface area (Å²) in [6, 6.07) is 3.80. The average molecular weight is 274 g/mol. The van der Waals surface area contributed by atoms with Crippen LogP contribution in [0.2, 0.25) is 0 Å². The predicted octanol–water partition coefficient (Wildman–Crippen LogP) is 2.71. The van der Waals surface area contributed by atoms with Crippen LogP contribution in [0.15, 0.2) is 22.8 Å². The fourth-order valence-electron chi connectivity index (χ4n) is 0.733. The van der Waals surface area contributed by atoms with Crippen molar-refractivity contribution < 1.29 is 0 Å². The van der Waals surface area contributed by atoms with Gasteiger partial charge in [0.15, 0.2) is 0 Å². The van der Waals surface area contributed by atoms with Crippen molar-refractivity contribution in [2.24, 2.45) is 5.73 Å². The Balaban J connectivity index is 0. The molecule has 0 aromatic carbocycles. The Morgan fingerprint density at radius 3 is 2.42 bits per heavy atom. The Morgan fingerprint density at radius 1 is 1.50 bits per heavy atom. The van der Waals surface area contributed by atoms with E-state index in [9.17, 15) is 0 Å². The maximum atomic E-state index is 5.62. The number of hydrogen-bond acceptors (Lipinski definition) is 2. The molecule has 1 heterocycles. The normalized spacial score (nSPS) is 10.9. The smallest absolute Gasteiger partial charge is 0.0709 e. The van der Waals surface area contributed by atoms with Crippen LogP contribution in [0.4, 0.5) is 0 Å². The van der Waals surface area contributed by atoms with Crippen LogP contribution in [-0.4, -0.2) is 4.98 Å². The van der Waals surface area contributed by atoms with Gasteiger partial charge < -0.3 is 5.73 Å². The number of halogens is 3. The third kappa shape index (κ3) is 3.72. The first kappa shape index (κ1) is 14.7. The van der Waals surface area contributed by atoms with Crippen LogP contribution in [-0.2, 0) is 0 Å². The van der Waals surface area contributed by atoms with Gasteiger partial charge >= 0.3 is 0 Å². The Morgan fingerprint density at radius 2 is 2.08 bits per heavy atom. The Kier molecular flexibility index (Phi) is 8.15. The Labute approximate surface area is 92.9 Å². The summed E-state index contributed by atoms with van der Waals surface area (Å²) in [5, 5.41) is 0. The van der Waals surface area contributed by atoms with Gasteiger partial charge in [0.1, 0.15) is 0 Å². The van der Waals surface area contributed by atoms with Gasteiger partial charge in [-0.15, -0.1) is 24.8 Å². The van der Waals surface area contributed by atoms with Crippen LogP contribution in [0, 0.1) is 0 Å². The molecule has 0 aliphatic carbocycles. The van der Waals surface area contributed by atoms with Gasteiger partial charge in [0, 0.05) is 16.7 Å². The highest BCUT2D eigenvalue weighted by Crippen LogP contribution is 2.17. The summed E-state index contributed by atoms with van der Waals surface area (Å²) in [6.07, 6.45) is 1.74. The van der Waals surface area contributed by atoms with E-state index in [0.29, 0.717) is 0 Å². The van der Waals surface area contributed by atoms with Crippen LogP contribution < -0.4 is 5.73 Å². The van der Waals surface area contributed by atoms with Crippen LogP contribution in [0.25, 0.3) is 0 Å². The first-order valence-electron chi connectivity index (χ1n) is 3.08. The zero-order valence-corrected chi connectivity index (χ0v) is 9.75. The summed E-state index contributed by atoms with van der Waals surface area (Å²) >= 11 is 3.35. The van der Waals surface area contributed by atoms with Crippen molar-refractivity contribution in [3.63, 3.8) is 0 Å². The van der Waals surface area contributed by atoms with Gasteiger partial charge in [-0.05, 0) is 35.0 Å². The zero-order valence-electron chi connectivity index (χ0n) is 6.53. The molecule has 2 N–H and O–H groups in total. The lowest BCUT2D eigenvalue weighted by molar-refractivity contribution is 0.775. The molecule has 0 aliphatic rings. The maximum absolute atomic E-state index is 5.62. The highest BCUT2D eigenvalue weighted by molar-refractivity contribution is 9.10. The number of nitrogens with zero attached hydrogens (tertiary/aromatic N) is 1. The minimum atomic E-state index is -0.00410. The molecule has 1 rings (SSSR count). The molecule has 0 amide bonds. The predicted molar refractivity (Wildman–Crippen MR) is 59.0 cm³/mol. The van der Waals surface area contributed by atoms with Crippen molar-refractivity contribution >= 4 is 40.7 Å². The quantitative estimate of drug-likeness (QED) is 0.855. The lowest BCUT2D eigenvalue weighted by atomic mass is 10.2. The molecule has 1 aromatic heterocycles. The third-order valence-corrected chi connectivity index (χ3v) is 1.89. The summed E-state index contributed by atoms with van der Waals surface area (Å²) in [7, 11) is 0. The lowest BCUT2D eigenvalue weighted by Gasteiger charge is -2.04. The first-order chi connectivity index (χ1) is 4.72. The second kappa shape index (κ2) is 6.66. The van der Waals surface area contributed by atoms with Gasteiger partial charge in [0.25, 0.3) is 0 Å². The highest BCUT2D eigenvalue weighted by atomic mass is 79.9. The van der Waals surface area contributed by atoms with Gasteiger partial charge in [0.2, 0.25) is 0 Å². The summed E-state index contributed by atoms with van der Waals surface area (Å²) in [5.74, 6) is 0. The van der Waals surface area contributed by atoms with Crippen LogP contribution >= 0.6 is 40.7 Å². The monoisotopic (exact) mass is 272 g/mol. The molecule has 5 heteroatoms. The molecule has 0 bridgehead atoms. The molecule has 70 valence electrons. The van der Waals surface area contributed by atoms with E-state index in [-0.39, 0.29) is 30.9 Å². The molecule has 0 unspecified atom stereocenters. The van der Waals surface area contributed by atoms with Crippen molar-refractivity contribution in [2.45, 2.75) is 13.0 Å². The van der Waals surface area contributed by atoms with E-state index in [1.807, 2.05) is 19.1 Å². The molecule has 0 saturated carbocycles. The van der Waals surface area contributed by atoms with Crippen molar-refractivity contribution in [3.8, 4) is 0 Å². The van der Waals surface area contributed by atoms with Gasteiger partial charge in [-0.3, -0.25) is 4.98 Å². The highest BCUT2D eigenvalue weighted by Gasteiger charge is 2.03. The van der Waals surface area contributed by atoms with E-state index in [0.717, 1.165) is 10.2 Å². The molecule has 0 fully saturated rings. The number of pyridine rings is 1. The first-order valence-corrected chi connectivity index (χ1v) is 3.87. The number of nitrogens with two attached hydrogens (primary N) is 1. The average Bonchev–Trinajstić information content (AvgIpc) is 1.88. The van der Waals surface area contributed by atoms with Crippen molar-refractivity contribution in [2.75, 3.05) is 0 Å². The van der Waals surface area contributed by atoms with Crippen molar-refractivity contribution in [1.82, 2.24) is 4.98 Å². The molecule has 0 aliphatic heterocycles. The van der Waals surface area contributed by atoms with Gasteiger partial charge in [-0.25, -0.2) is 0 Å². The van der Waals surface area contributed by atoms with E-state index >= 15 is 0 Å². The zero-order chi connectivity index (χ0) is 7.56. The van der Waals surface area contributed by atoms with E-state index in [1.165, 1.54) is 0 Å². The molecule has 2 nitrogen and oxygen atoms in total. The largest absolute Gasteiger partial charge is 0.323 e. The SMILES string of the molecule is C[C@H](N)c1ncccc1Br.Cl.Cl. The second-order valence-corrected chi connectivity index (χ2v) is 3.01. The fourth-order valence-corrected chi connectivity index (χ4v) is 1.35. The molecular formula is C7H11BrCl2N2.